The molecule has 0 saturated carbocycles. The third kappa shape index (κ3) is 16.0. The molecule has 0 radical (unpaired) electrons. The SMILES string of the molecule is CCCCCCCCC(CCC(F)(F)F)C(OC(C)(C)C)(OC(C)(C)C)OC(C)(C)C. The smallest absolute Gasteiger partial charge is 0.321 e. The predicted octanol–water partition coefficient (Wildman–Crippen LogP) is 8.79. The van der Waals surface area contributed by atoms with Crippen molar-refractivity contribution in [3.63, 3.8) is 0 Å². The third-order valence-corrected chi connectivity index (χ3v) is 4.53. The highest BCUT2D eigenvalue weighted by atomic mass is 19.4. The maximum absolute atomic E-state index is 13.2. The highest BCUT2D eigenvalue weighted by Crippen LogP contribution is 2.43. The Labute approximate surface area is 189 Å². The van der Waals surface area contributed by atoms with Gasteiger partial charge in [-0.15, -0.1) is 0 Å². The lowest BCUT2D eigenvalue weighted by molar-refractivity contribution is -0.468. The quantitative estimate of drug-likeness (QED) is 0.205. The molecule has 0 bridgehead atoms. The van der Waals surface area contributed by atoms with Crippen molar-refractivity contribution in [2.45, 2.75) is 156 Å². The number of rotatable bonds is 13. The lowest BCUT2D eigenvalue weighted by Crippen LogP contribution is -2.56. The molecule has 0 amide bonds. The van der Waals surface area contributed by atoms with E-state index in [4.69, 9.17) is 14.2 Å². The van der Waals surface area contributed by atoms with Crippen LogP contribution in [0.1, 0.15) is 127 Å². The van der Waals surface area contributed by atoms with Crippen LogP contribution < -0.4 is 0 Å². The van der Waals surface area contributed by atoms with Crippen LogP contribution in [0.3, 0.4) is 0 Å². The van der Waals surface area contributed by atoms with Gasteiger partial charge in [0.15, 0.2) is 0 Å². The predicted molar refractivity (Wildman–Crippen MR) is 122 cm³/mol. The molecule has 0 aromatic carbocycles. The molecule has 0 aliphatic rings. The number of ether oxygens (including phenoxy) is 3. The molecule has 1 unspecified atom stereocenters. The van der Waals surface area contributed by atoms with Crippen LogP contribution in [0.15, 0.2) is 0 Å². The highest BCUT2D eigenvalue weighted by Gasteiger charge is 2.51. The minimum absolute atomic E-state index is 0.0965. The van der Waals surface area contributed by atoms with E-state index in [1.165, 1.54) is 6.42 Å². The van der Waals surface area contributed by atoms with Gasteiger partial charge in [0.1, 0.15) is 0 Å². The summed E-state index contributed by atoms with van der Waals surface area (Å²) in [6, 6.07) is 0. The van der Waals surface area contributed by atoms with E-state index in [0.29, 0.717) is 6.42 Å². The van der Waals surface area contributed by atoms with E-state index in [1.807, 2.05) is 62.3 Å². The monoisotopic (exact) mass is 454 g/mol. The first-order valence-electron chi connectivity index (χ1n) is 12.0. The van der Waals surface area contributed by atoms with Crippen LogP contribution in [0.5, 0.6) is 0 Å². The van der Waals surface area contributed by atoms with E-state index < -0.39 is 41.3 Å². The van der Waals surface area contributed by atoms with Crippen LogP contribution in [-0.4, -0.2) is 29.0 Å². The van der Waals surface area contributed by atoms with Crippen LogP contribution in [0.4, 0.5) is 13.2 Å². The Hall–Kier alpha value is -0.330. The van der Waals surface area contributed by atoms with E-state index in [0.717, 1.165) is 32.1 Å². The first-order chi connectivity index (χ1) is 13.8. The van der Waals surface area contributed by atoms with Crippen molar-refractivity contribution in [3.8, 4) is 0 Å². The average molecular weight is 455 g/mol. The molecule has 1 atom stereocenters. The largest absolute Gasteiger partial charge is 0.389 e. The van der Waals surface area contributed by atoms with E-state index in [2.05, 4.69) is 6.92 Å². The zero-order valence-electron chi connectivity index (χ0n) is 21.8. The van der Waals surface area contributed by atoms with Gasteiger partial charge in [0.05, 0.1) is 16.8 Å². The van der Waals surface area contributed by atoms with Gasteiger partial charge in [-0.2, -0.15) is 13.2 Å². The number of hydrogen-bond acceptors (Lipinski definition) is 3. The van der Waals surface area contributed by atoms with E-state index in [-0.39, 0.29) is 6.42 Å². The lowest BCUT2D eigenvalue weighted by Gasteiger charge is -2.49. The molecule has 0 N–H and O–H groups in total. The molecule has 0 aliphatic carbocycles. The number of alkyl halides is 3. The summed E-state index contributed by atoms with van der Waals surface area (Å²) in [6.45, 7) is 19.1. The van der Waals surface area contributed by atoms with Crippen LogP contribution in [-0.2, 0) is 14.2 Å². The molecule has 0 aromatic rings. The molecule has 6 heteroatoms. The summed E-state index contributed by atoms with van der Waals surface area (Å²) in [5, 5.41) is 0. The molecule has 0 spiro atoms. The first kappa shape index (κ1) is 30.7. The van der Waals surface area contributed by atoms with Crippen molar-refractivity contribution in [1.29, 1.82) is 0 Å². The number of unbranched alkanes of at least 4 members (excludes halogenated alkanes) is 5. The second-order valence-electron chi connectivity index (χ2n) is 11.7. The standard InChI is InChI=1S/C25H49F3O3/c1-11-12-13-14-15-16-17-20(18-19-24(26,27)28)25(29-21(2,3)4,30-22(5,6)7)31-23(8,9)10/h20H,11-19H2,1-10H3. The summed E-state index contributed by atoms with van der Waals surface area (Å²) in [7, 11) is 0. The fourth-order valence-electron chi connectivity index (χ4n) is 3.60. The van der Waals surface area contributed by atoms with E-state index in [1.54, 1.807) is 0 Å². The molecular weight excluding hydrogens is 405 g/mol. The van der Waals surface area contributed by atoms with Crippen molar-refractivity contribution in [3.05, 3.63) is 0 Å². The first-order valence-corrected chi connectivity index (χ1v) is 12.0. The van der Waals surface area contributed by atoms with Gasteiger partial charge in [-0.3, -0.25) is 0 Å². The Morgan fingerprint density at radius 1 is 0.581 bits per heavy atom. The highest BCUT2D eigenvalue weighted by molar-refractivity contribution is 4.82. The Bertz CT molecular complexity index is 441. The van der Waals surface area contributed by atoms with Crippen LogP contribution in [0.2, 0.25) is 0 Å². The minimum atomic E-state index is -4.24. The molecule has 31 heavy (non-hydrogen) atoms. The maximum atomic E-state index is 13.2. The molecule has 0 fully saturated rings. The maximum Gasteiger partial charge on any atom is 0.389 e. The summed E-state index contributed by atoms with van der Waals surface area (Å²) in [4.78, 5) is 0. The number of halogens is 3. The molecule has 188 valence electrons. The van der Waals surface area contributed by atoms with Gasteiger partial charge in [-0.05, 0) is 75.2 Å². The lowest BCUT2D eigenvalue weighted by atomic mass is 9.91. The van der Waals surface area contributed by atoms with Gasteiger partial charge in [0.2, 0.25) is 0 Å². The van der Waals surface area contributed by atoms with Crippen molar-refractivity contribution in [1.82, 2.24) is 0 Å². The van der Waals surface area contributed by atoms with Crippen LogP contribution >= 0.6 is 0 Å². The molecule has 0 rings (SSSR count). The summed E-state index contributed by atoms with van der Waals surface area (Å²) in [5.74, 6) is -2.11. The Morgan fingerprint density at radius 3 is 1.32 bits per heavy atom. The van der Waals surface area contributed by atoms with Crippen molar-refractivity contribution in [2.75, 3.05) is 0 Å². The van der Waals surface area contributed by atoms with Crippen molar-refractivity contribution in [2.24, 2.45) is 5.92 Å². The summed E-state index contributed by atoms with van der Waals surface area (Å²) < 4.78 is 58.8. The zero-order valence-corrected chi connectivity index (χ0v) is 21.8. The van der Waals surface area contributed by atoms with E-state index in [9.17, 15) is 13.2 Å². The van der Waals surface area contributed by atoms with Gasteiger partial charge < -0.3 is 14.2 Å². The molecule has 3 nitrogen and oxygen atoms in total. The third-order valence-electron chi connectivity index (χ3n) is 4.53. The van der Waals surface area contributed by atoms with Gasteiger partial charge >= 0.3 is 6.18 Å². The van der Waals surface area contributed by atoms with Gasteiger partial charge in [0.25, 0.3) is 5.97 Å². The van der Waals surface area contributed by atoms with Crippen LogP contribution in [0, 0.1) is 5.92 Å². The second-order valence-corrected chi connectivity index (χ2v) is 11.7. The second kappa shape index (κ2) is 12.2. The van der Waals surface area contributed by atoms with Crippen molar-refractivity contribution >= 4 is 0 Å². The van der Waals surface area contributed by atoms with Gasteiger partial charge in [-0.25, -0.2) is 0 Å². The zero-order chi connectivity index (χ0) is 24.6. The topological polar surface area (TPSA) is 27.7 Å². The van der Waals surface area contributed by atoms with Crippen molar-refractivity contribution < 1.29 is 27.4 Å². The molecule has 0 heterocycles. The fraction of sp³-hybridized carbons (Fsp3) is 1.00. The normalized spacial score (nSPS) is 15.4. The molecule has 0 saturated heterocycles. The van der Waals surface area contributed by atoms with Crippen LogP contribution in [0.25, 0.3) is 0 Å². The van der Waals surface area contributed by atoms with Gasteiger partial charge in [-0.1, -0.05) is 45.4 Å². The summed E-state index contributed by atoms with van der Waals surface area (Å²) >= 11 is 0. The number of hydrogen-bond donors (Lipinski definition) is 0. The fourth-order valence-corrected chi connectivity index (χ4v) is 3.60. The average Bonchev–Trinajstić information content (AvgIpc) is 2.46. The Kier molecular flexibility index (Phi) is 12.1. The summed E-state index contributed by atoms with van der Waals surface area (Å²) in [6.07, 6.45) is 1.74. The van der Waals surface area contributed by atoms with E-state index >= 15 is 0 Å². The molecular formula is C25H49F3O3. The molecule has 0 aromatic heterocycles. The Morgan fingerprint density at radius 2 is 0.968 bits per heavy atom. The summed E-state index contributed by atoms with van der Waals surface area (Å²) in [5.41, 5.74) is -1.98. The Balaban J connectivity index is 5.96. The molecule has 0 aliphatic heterocycles. The minimum Gasteiger partial charge on any atom is -0.321 e. The van der Waals surface area contributed by atoms with Gasteiger partial charge in [0, 0.05) is 12.3 Å².